The summed E-state index contributed by atoms with van der Waals surface area (Å²) in [5.74, 6) is 0.912. The van der Waals surface area contributed by atoms with E-state index in [-0.39, 0.29) is 0 Å². The molecule has 3 nitrogen and oxygen atoms in total. The van der Waals surface area contributed by atoms with E-state index in [4.69, 9.17) is 0 Å². The molecule has 0 aliphatic carbocycles. The maximum Gasteiger partial charge on any atom is 0.120 e. The van der Waals surface area contributed by atoms with Gasteiger partial charge in [-0.2, -0.15) is 0 Å². The van der Waals surface area contributed by atoms with Gasteiger partial charge in [0.2, 0.25) is 0 Å². The van der Waals surface area contributed by atoms with Gasteiger partial charge in [0.05, 0.1) is 0 Å². The average Bonchev–Trinajstić information content (AvgIpc) is 2.41. The predicted molar refractivity (Wildman–Crippen MR) is 79.6 cm³/mol. The molecule has 0 bridgehead atoms. The van der Waals surface area contributed by atoms with Crippen molar-refractivity contribution >= 4 is 6.21 Å². The molecule has 0 N–H and O–H groups in total. The Kier molecular flexibility index (Phi) is 14.0. The fourth-order valence-electron chi connectivity index (χ4n) is 1.34. The Morgan fingerprint density at radius 1 is 1.18 bits per heavy atom. The number of hydrogen-bond acceptors (Lipinski definition) is 3. The van der Waals surface area contributed by atoms with Crippen molar-refractivity contribution in [1.29, 1.82) is 0 Å². The van der Waals surface area contributed by atoms with E-state index in [1.807, 2.05) is 20.1 Å². The molecule has 1 heterocycles. The lowest BCUT2D eigenvalue weighted by Gasteiger charge is -2.33. The Bertz CT molecular complexity index is 204. The summed E-state index contributed by atoms with van der Waals surface area (Å²) in [7, 11) is 2.15. The van der Waals surface area contributed by atoms with E-state index in [1.165, 1.54) is 0 Å². The summed E-state index contributed by atoms with van der Waals surface area (Å²) in [6, 6.07) is 0. The quantitative estimate of drug-likeness (QED) is 0.557. The third kappa shape index (κ3) is 8.69. The van der Waals surface area contributed by atoms with Crippen molar-refractivity contribution in [2.24, 2.45) is 4.99 Å². The minimum Gasteiger partial charge on any atom is -0.355 e. The molecule has 1 saturated heterocycles. The minimum atomic E-state index is 0.912. The summed E-state index contributed by atoms with van der Waals surface area (Å²) in [5.41, 5.74) is 0. The number of hydrogen-bond donors (Lipinski definition) is 0. The molecule has 0 radical (unpaired) electrons. The normalized spacial score (nSPS) is 15.6. The first-order chi connectivity index (χ1) is 8.24. The maximum absolute atomic E-state index is 4.28. The molecule has 0 amide bonds. The summed E-state index contributed by atoms with van der Waals surface area (Å²) in [5, 5.41) is 0. The van der Waals surface area contributed by atoms with E-state index in [0.717, 1.165) is 38.4 Å². The van der Waals surface area contributed by atoms with Crippen LogP contribution in [0.25, 0.3) is 0 Å². The SMILES string of the molecule is C=C.C=C(/N=C\CC)N1CCN(C)CC1.CC. The minimum absolute atomic E-state index is 0.912. The summed E-state index contributed by atoms with van der Waals surface area (Å²) in [6.45, 7) is 20.4. The molecule has 0 aromatic rings. The molecular formula is C14H29N3. The number of piperazine rings is 1. The molecule has 0 atom stereocenters. The Morgan fingerprint density at radius 3 is 2.06 bits per heavy atom. The van der Waals surface area contributed by atoms with Crippen molar-refractivity contribution in [1.82, 2.24) is 9.80 Å². The van der Waals surface area contributed by atoms with Crippen LogP contribution in [0, 0.1) is 0 Å². The van der Waals surface area contributed by atoms with Gasteiger partial charge >= 0.3 is 0 Å². The lowest BCUT2D eigenvalue weighted by Crippen LogP contribution is -2.43. The first-order valence-electron chi connectivity index (χ1n) is 6.39. The van der Waals surface area contributed by atoms with E-state index < -0.39 is 0 Å². The largest absolute Gasteiger partial charge is 0.355 e. The number of aliphatic imine (C=N–C) groups is 1. The van der Waals surface area contributed by atoms with Gasteiger partial charge in [0.15, 0.2) is 0 Å². The van der Waals surface area contributed by atoms with E-state index in [1.54, 1.807) is 0 Å². The smallest absolute Gasteiger partial charge is 0.120 e. The molecule has 0 aromatic heterocycles. The zero-order valence-electron chi connectivity index (χ0n) is 12.1. The third-order valence-corrected chi connectivity index (χ3v) is 2.29. The summed E-state index contributed by atoms with van der Waals surface area (Å²) >= 11 is 0. The Morgan fingerprint density at radius 2 is 1.65 bits per heavy atom. The highest BCUT2D eigenvalue weighted by atomic mass is 15.3. The molecule has 100 valence electrons. The number of rotatable bonds is 3. The van der Waals surface area contributed by atoms with Gasteiger partial charge < -0.3 is 9.80 Å². The van der Waals surface area contributed by atoms with E-state index in [2.05, 4.69) is 48.5 Å². The zero-order chi connectivity index (χ0) is 13.7. The molecule has 0 aromatic carbocycles. The van der Waals surface area contributed by atoms with Crippen molar-refractivity contribution in [2.45, 2.75) is 27.2 Å². The van der Waals surface area contributed by atoms with Crippen molar-refractivity contribution in [2.75, 3.05) is 33.2 Å². The molecule has 3 heteroatoms. The number of nitrogens with zero attached hydrogens (tertiary/aromatic N) is 3. The monoisotopic (exact) mass is 239 g/mol. The van der Waals surface area contributed by atoms with E-state index in [0.29, 0.717) is 0 Å². The topological polar surface area (TPSA) is 18.8 Å². The summed E-state index contributed by atoms with van der Waals surface area (Å²) in [6.07, 6.45) is 2.90. The van der Waals surface area contributed by atoms with Crippen LogP contribution in [-0.4, -0.2) is 49.2 Å². The molecule has 0 spiro atoms. The molecule has 0 saturated carbocycles. The summed E-state index contributed by atoms with van der Waals surface area (Å²) < 4.78 is 0. The van der Waals surface area contributed by atoms with Crippen molar-refractivity contribution < 1.29 is 0 Å². The fourth-order valence-corrected chi connectivity index (χ4v) is 1.34. The molecule has 1 aliphatic heterocycles. The zero-order valence-corrected chi connectivity index (χ0v) is 12.1. The Hall–Kier alpha value is -1.09. The standard InChI is InChI=1S/C10H19N3.C2H6.C2H4/c1-4-5-11-10(2)13-8-6-12(3)7-9-13;2*1-2/h5H,2,4,6-9H2,1,3H3;1-2H3;1-2H2/b11-5-;;. The van der Waals surface area contributed by atoms with Crippen LogP contribution in [0.3, 0.4) is 0 Å². The van der Waals surface area contributed by atoms with Gasteiger partial charge in [0, 0.05) is 32.4 Å². The molecule has 0 unspecified atom stereocenters. The van der Waals surface area contributed by atoms with Crippen LogP contribution < -0.4 is 0 Å². The predicted octanol–water partition coefficient (Wildman–Crippen LogP) is 3.01. The van der Waals surface area contributed by atoms with Crippen LogP contribution in [0.1, 0.15) is 27.2 Å². The number of likely N-dealkylation sites (N-methyl/N-ethyl adjacent to an activating group) is 1. The van der Waals surface area contributed by atoms with Gasteiger partial charge in [-0.1, -0.05) is 27.4 Å². The lowest BCUT2D eigenvalue weighted by atomic mass is 10.3. The average molecular weight is 239 g/mol. The van der Waals surface area contributed by atoms with Crippen LogP contribution in [-0.2, 0) is 0 Å². The highest BCUT2D eigenvalue weighted by Crippen LogP contribution is 2.07. The highest BCUT2D eigenvalue weighted by Gasteiger charge is 2.13. The van der Waals surface area contributed by atoms with Gasteiger partial charge in [-0.3, -0.25) is 0 Å². The third-order valence-electron chi connectivity index (χ3n) is 2.29. The maximum atomic E-state index is 4.28. The van der Waals surface area contributed by atoms with Crippen LogP contribution in [0.5, 0.6) is 0 Å². The van der Waals surface area contributed by atoms with E-state index in [9.17, 15) is 0 Å². The van der Waals surface area contributed by atoms with Crippen LogP contribution >= 0.6 is 0 Å². The van der Waals surface area contributed by atoms with Gasteiger partial charge in [-0.05, 0) is 13.5 Å². The molecular weight excluding hydrogens is 210 g/mol. The first kappa shape index (κ1) is 18.3. The fraction of sp³-hybridized carbons (Fsp3) is 0.643. The van der Waals surface area contributed by atoms with Gasteiger partial charge in [-0.15, -0.1) is 13.2 Å². The lowest BCUT2D eigenvalue weighted by molar-refractivity contribution is 0.186. The van der Waals surface area contributed by atoms with Crippen molar-refractivity contribution in [3.05, 3.63) is 25.6 Å². The van der Waals surface area contributed by atoms with Gasteiger partial charge in [0.25, 0.3) is 0 Å². The van der Waals surface area contributed by atoms with Crippen molar-refractivity contribution in [3.63, 3.8) is 0 Å². The second-order valence-electron chi connectivity index (χ2n) is 3.43. The van der Waals surface area contributed by atoms with Crippen molar-refractivity contribution in [3.8, 4) is 0 Å². The van der Waals surface area contributed by atoms with Crippen LogP contribution in [0.4, 0.5) is 0 Å². The summed E-state index contributed by atoms with van der Waals surface area (Å²) in [4.78, 5) is 8.85. The second-order valence-corrected chi connectivity index (χ2v) is 3.43. The molecule has 1 aliphatic rings. The Labute approximate surface area is 108 Å². The van der Waals surface area contributed by atoms with Crippen LogP contribution in [0.2, 0.25) is 0 Å². The van der Waals surface area contributed by atoms with Crippen LogP contribution in [0.15, 0.2) is 30.6 Å². The molecule has 17 heavy (non-hydrogen) atoms. The first-order valence-corrected chi connectivity index (χ1v) is 6.39. The molecule has 1 fully saturated rings. The Balaban J connectivity index is 0. The molecule has 1 rings (SSSR count). The van der Waals surface area contributed by atoms with Gasteiger partial charge in [-0.25, -0.2) is 4.99 Å². The van der Waals surface area contributed by atoms with Gasteiger partial charge in [0.1, 0.15) is 5.82 Å². The second kappa shape index (κ2) is 13.0. The van der Waals surface area contributed by atoms with E-state index >= 15 is 0 Å². The highest BCUT2D eigenvalue weighted by molar-refractivity contribution is 5.58.